The number of hydrogen-bond acceptors (Lipinski definition) is 4. The van der Waals surface area contributed by atoms with Gasteiger partial charge >= 0.3 is 0 Å². The fraction of sp³-hybridized carbons (Fsp3) is 0.471. The number of para-hydroxylation sites is 1. The van der Waals surface area contributed by atoms with Gasteiger partial charge in [0.05, 0.1) is 0 Å². The predicted molar refractivity (Wildman–Crippen MR) is 92.6 cm³/mol. The third-order valence-electron chi connectivity index (χ3n) is 3.29. The van der Waals surface area contributed by atoms with Crippen molar-refractivity contribution in [2.24, 2.45) is 0 Å². The molecule has 1 aromatic heterocycles. The van der Waals surface area contributed by atoms with Gasteiger partial charge in [0, 0.05) is 35.4 Å². The number of nitrogens with one attached hydrogen (secondary N) is 1. The molecular weight excluding hydrogens is 278 g/mol. The second-order valence-electron chi connectivity index (χ2n) is 6.24. The summed E-state index contributed by atoms with van der Waals surface area (Å²) in [6.07, 6.45) is 1.99. The van der Waals surface area contributed by atoms with E-state index in [0.29, 0.717) is 0 Å². The molecule has 0 aliphatic heterocycles. The lowest BCUT2D eigenvalue weighted by Crippen LogP contribution is -2.34. The second-order valence-corrected chi connectivity index (χ2v) is 7.34. The van der Waals surface area contributed by atoms with Gasteiger partial charge in [-0.15, -0.1) is 11.3 Å². The van der Waals surface area contributed by atoms with Gasteiger partial charge in [-0.2, -0.15) is 0 Å². The molecule has 0 aliphatic carbocycles. The molecule has 0 fully saturated rings. The van der Waals surface area contributed by atoms with E-state index in [1.807, 2.05) is 6.20 Å². The summed E-state index contributed by atoms with van der Waals surface area (Å²) in [6, 6.07) is 8.47. The van der Waals surface area contributed by atoms with Crippen LogP contribution in [0, 0.1) is 6.92 Å². The van der Waals surface area contributed by atoms with Crippen molar-refractivity contribution < 1.29 is 0 Å². The first kappa shape index (κ1) is 16.0. The largest absolute Gasteiger partial charge is 0.318 e. The van der Waals surface area contributed by atoms with Gasteiger partial charge in [-0.3, -0.25) is 0 Å². The molecule has 0 bridgehead atoms. The van der Waals surface area contributed by atoms with Gasteiger partial charge in [-0.1, -0.05) is 18.2 Å². The molecule has 0 aliphatic rings. The second kappa shape index (κ2) is 6.58. The zero-order valence-corrected chi connectivity index (χ0v) is 14.4. The molecule has 2 rings (SSSR count). The van der Waals surface area contributed by atoms with Crippen LogP contribution in [0.25, 0.3) is 0 Å². The van der Waals surface area contributed by atoms with Crippen LogP contribution < -0.4 is 10.2 Å². The van der Waals surface area contributed by atoms with E-state index in [9.17, 15) is 0 Å². The number of aryl methyl sites for hydroxylation is 1. The number of hydrogen-bond donors (Lipinski definition) is 1. The monoisotopic (exact) mass is 303 g/mol. The van der Waals surface area contributed by atoms with Crippen LogP contribution in [0.1, 0.15) is 38.1 Å². The van der Waals surface area contributed by atoms with Crippen LogP contribution in [0.3, 0.4) is 0 Å². The maximum atomic E-state index is 4.61. The molecule has 1 aromatic carbocycles. The van der Waals surface area contributed by atoms with Crippen LogP contribution in [0.15, 0.2) is 30.5 Å². The molecule has 0 amide bonds. The highest BCUT2D eigenvalue weighted by Gasteiger charge is 2.15. The van der Waals surface area contributed by atoms with Crippen LogP contribution in [-0.2, 0) is 6.54 Å². The van der Waals surface area contributed by atoms with Gasteiger partial charge in [0.15, 0.2) is 5.13 Å². The Bertz CT molecular complexity index is 584. The summed E-state index contributed by atoms with van der Waals surface area (Å²) in [4.78, 5) is 8.16. The fourth-order valence-electron chi connectivity index (χ4n) is 2.13. The van der Waals surface area contributed by atoms with Crippen molar-refractivity contribution in [3.8, 4) is 0 Å². The van der Waals surface area contributed by atoms with Crippen LogP contribution in [-0.4, -0.2) is 17.1 Å². The fourth-order valence-corrected chi connectivity index (χ4v) is 3.06. The van der Waals surface area contributed by atoms with E-state index in [0.717, 1.165) is 18.2 Å². The lowest BCUT2D eigenvalue weighted by atomic mass is 10.1. The minimum Gasteiger partial charge on any atom is -0.318 e. The normalized spacial score (nSPS) is 11.7. The lowest BCUT2D eigenvalue weighted by Gasteiger charge is -2.22. The van der Waals surface area contributed by atoms with Gasteiger partial charge < -0.3 is 10.2 Å². The zero-order chi connectivity index (χ0) is 15.5. The Balaban J connectivity index is 2.17. The van der Waals surface area contributed by atoms with E-state index >= 15 is 0 Å². The van der Waals surface area contributed by atoms with E-state index in [4.69, 9.17) is 0 Å². The number of aromatic nitrogens is 1. The van der Waals surface area contributed by atoms with Gasteiger partial charge in [-0.05, 0) is 46.2 Å². The van der Waals surface area contributed by atoms with Gasteiger partial charge in [0.2, 0.25) is 0 Å². The highest BCUT2D eigenvalue weighted by atomic mass is 32.1. The van der Waals surface area contributed by atoms with Gasteiger partial charge in [-0.25, -0.2) is 4.98 Å². The summed E-state index contributed by atoms with van der Waals surface area (Å²) in [5.41, 5.74) is 2.65. The molecule has 1 heterocycles. The van der Waals surface area contributed by atoms with Crippen LogP contribution >= 0.6 is 11.3 Å². The summed E-state index contributed by atoms with van der Waals surface area (Å²) in [5.74, 6) is 0. The van der Waals surface area contributed by atoms with Gasteiger partial charge in [0.25, 0.3) is 0 Å². The third kappa shape index (κ3) is 4.29. The molecule has 0 spiro atoms. The Morgan fingerprint density at radius 3 is 2.57 bits per heavy atom. The van der Waals surface area contributed by atoms with Crippen molar-refractivity contribution in [1.82, 2.24) is 10.3 Å². The summed E-state index contributed by atoms with van der Waals surface area (Å²) in [5, 5.41) is 4.58. The number of rotatable bonds is 5. The predicted octanol–water partition coefficient (Wildman–Crippen LogP) is 4.50. The van der Waals surface area contributed by atoms with E-state index in [1.165, 1.54) is 16.1 Å². The standard InChI is InChI=1S/C17H25N3S/c1-6-20(15-10-8-7-9-13(15)2)16-18-11-14(21-16)12-19-17(3,4)5/h7-11,19H,6,12H2,1-5H3. The van der Waals surface area contributed by atoms with E-state index < -0.39 is 0 Å². The Labute approximate surface area is 132 Å². The summed E-state index contributed by atoms with van der Waals surface area (Å²) in [7, 11) is 0. The van der Waals surface area contributed by atoms with Crippen molar-refractivity contribution in [3.05, 3.63) is 40.9 Å². The van der Waals surface area contributed by atoms with Crippen molar-refractivity contribution in [3.63, 3.8) is 0 Å². The first-order valence-electron chi connectivity index (χ1n) is 7.43. The zero-order valence-electron chi connectivity index (χ0n) is 13.6. The maximum Gasteiger partial charge on any atom is 0.190 e. The average Bonchev–Trinajstić information content (AvgIpc) is 2.87. The molecule has 0 saturated carbocycles. The third-order valence-corrected chi connectivity index (χ3v) is 4.31. The highest BCUT2D eigenvalue weighted by molar-refractivity contribution is 7.15. The molecule has 2 aromatic rings. The first-order valence-corrected chi connectivity index (χ1v) is 8.25. The highest BCUT2D eigenvalue weighted by Crippen LogP contribution is 2.31. The summed E-state index contributed by atoms with van der Waals surface area (Å²) in [6.45, 7) is 12.6. The Hall–Kier alpha value is -1.39. The van der Waals surface area contributed by atoms with E-state index in [2.05, 4.69) is 74.1 Å². The molecule has 0 unspecified atom stereocenters. The quantitative estimate of drug-likeness (QED) is 0.881. The van der Waals surface area contributed by atoms with Crippen molar-refractivity contribution in [2.75, 3.05) is 11.4 Å². The molecule has 0 atom stereocenters. The number of benzene rings is 1. The Kier molecular flexibility index (Phi) is 5.01. The minimum atomic E-state index is 0.130. The number of nitrogens with zero attached hydrogens (tertiary/aromatic N) is 2. The molecule has 0 saturated heterocycles. The van der Waals surface area contributed by atoms with E-state index in [-0.39, 0.29) is 5.54 Å². The number of anilines is 2. The minimum absolute atomic E-state index is 0.130. The van der Waals surface area contributed by atoms with Crippen LogP contribution in [0.5, 0.6) is 0 Å². The molecular formula is C17H25N3S. The molecule has 114 valence electrons. The van der Waals surface area contributed by atoms with E-state index in [1.54, 1.807) is 11.3 Å². The Morgan fingerprint density at radius 2 is 1.95 bits per heavy atom. The van der Waals surface area contributed by atoms with Crippen LogP contribution in [0.2, 0.25) is 0 Å². The molecule has 0 radical (unpaired) electrons. The maximum absolute atomic E-state index is 4.61. The van der Waals surface area contributed by atoms with Crippen molar-refractivity contribution in [2.45, 2.75) is 46.7 Å². The van der Waals surface area contributed by atoms with Crippen molar-refractivity contribution in [1.29, 1.82) is 0 Å². The molecule has 21 heavy (non-hydrogen) atoms. The smallest absolute Gasteiger partial charge is 0.190 e. The molecule has 1 N–H and O–H groups in total. The van der Waals surface area contributed by atoms with Gasteiger partial charge in [0.1, 0.15) is 0 Å². The van der Waals surface area contributed by atoms with Crippen molar-refractivity contribution >= 4 is 22.2 Å². The SMILES string of the molecule is CCN(c1ncc(CNC(C)(C)C)s1)c1ccccc1C. The first-order chi connectivity index (χ1) is 9.90. The average molecular weight is 303 g/mol. The molecule has 4 heteroatoms. The summed E-state index contributed by atoms with van der Waals surface area (Å²) >= 11 is 1.76. The number of thiazole rings is 1. The Morgan fingerprint density at radius 1 is 1.24 bits per heavy atom. The topological polar surface area (TPSA) is 28.2 Å². The summed E-state index contributed by atoms with van der Waals surface area (Å²) < 4.78 is 0. The molecule has 3 nitrogen and oxygen atoms in total. The lowest BCUT2D eigenvalue weighted by molar-refractivity contribution is 0.426. The van der Waals surface area contributed by atoms with Crippen LogP contribution in [0.4, 0.5) is 10.8 Å².